The summed E-state index contributed by atoms with van der Waals surface area (Å²) in [5, 5.41) is 0. The average molecular weight is 228 g/mol. The molecule has 0 saturated heterocycles. The Labute approximate surface area is 101 Å². The molecule has 0 aromatic heterocycles. The zero-order valence-corrected chi connectivity index (χ0v) is 11.3. The van der Waals surface area contributed by atoms with Crippen molar-refractivity contribution < 1.29 is 9.53 Å². The molecule has 0 aliphatic rings. The lowest BCUT2D eigenvalue weighted by atomic mass is 10.00. The summed E-state index contributed by atoms with van der Waals surface area (Å²) in [6.45, 7) is 6.66. The first kappa shape index (κ1) is 15.5. The first-order chi connectivity index (χ1) is 7.66. The van der Waals surface area contributed by atoms with Gasteiger partial charge in [-0.05, 0) is 12.3 Å². The highest BCUT2D eigenvalue weighted by Gasteiger charge is 1.98. The van der Waals surface area contributed by atoms with Gasteiger partial charge in [0.15, 0.2) is 0 Å². The summed E-state index contributed by atoms with van der Waals surface area (Å²) in [5.74, 6) is 0.734. The predicted octanol–water partition coefficient (Wildman–Crippen LogP) is 4.33. The van der Waals surface area contributed by atoms with Crippen LogP contribution in [0.3, 0.4) is 0 Å². The minimum Gasteiger partial charge on any atom is -0.466 e. The monoisotopic (exact) mass is 228 g/mol. The third-order valence-corrected chi connectivity index (χ3v) is 3.09. The van der Waals surface area contributed by atoms with Gasteiger partial charge in [0.05, 0.1) is 6.61 Å². The molecule has 2 nitrogen and oxygen atoms in total. The van der Waals surface area contributed by atoms with Crippen molar-refractivity contribution in [3.63, 3.8) is 0 Å². The van der Waals surface area contributed by atoms with Gasteiger partial charge in [0.25, 0.3) is 0 Å². The molecule has 96 valence electrons. The van der Waals surface area contributed by atoms with E-state index in [1.807, 2.05) is 0 Å². The molecule has 16 heavy (non-hydrogen) atoms. The van der Waals surface area contributed by atoms with Gasteiger partial charge in [-0.15, -0.1) is 0 Å². The predicted molar refractivity (Wildman–Crippen MR) is 68.4 cm³/mol. The maximum atomic E-state index is 10.5. The largest absolute Gasteiger partial charge is 0.466 e. The average Bonchev–Trinajstić information content (AvgIpc) is 2.26. The van der Waals surface area contributed by atoms with Crippen molar-refractivity contribution in [1.29, 1.82) is 0 Å². The zero-order valence-electron chi connectivity index (χ0n) is 11.3. The van der Waals surface area contributed by atoms with Crippen LogP contribution in [0.25, 0.3) is 0 Å². The summed E-state index contributed by atoms with van der Waals surface area (Å²) in [7, 11) is 0. The van der Waals surface area contributed by atoms with Crippen molar-refractivity contribution >= 4 is 5.97 Å². The van der Waals surface area contributed by atoms with E-state index in [4.69, 9.17) is 4.74 Å². The molecule has 1 unspecified atom stereocenters. The van der Waals surface area contributed by atoms with Crippen LogP contribution < -0.4 is 0 Å². The van der Waals surface area contributed by atoms with Crippen LogP contribution in [0.2, 0.25) is 0 Å². The SMILES string of the molecule is CCC(C)CCCCCCCCOC(C)=O. The minimum atomic E-state index is -0.159. The van der Waals surface area contributed by atoms with E-state index in [0.29, 0.717) is 6.61 Å². The molecule has 1 atom stereocenters. The Morgan fingerprint density at radius 3 is 2.19 bits per heavy atom. The van der Waals surface area contributed by atoms with Gasteiger partial charge in [0, 0.05) is 6.92 Å². The number of hydrogen-bond donors (Lipinski definition) is 0. The fourth-order valence-corrected chi connectivity index (χ4v) is 1.72. The number of rotatable bonds is 10. The molecular formula is C14H28O2. The van der Waals surface area contributed by atoms with Gasteiger partial charge >= 0.3 is 5.97 Å². The van der Waals surface area contributed by atoms with E-state index in [1.54, 1.807) is 0 Å². The minimum absolute atomic E-state index is 0.159. The van der Waals surface area contributed by atoms with Crippen LogP contribution in [-0.4, -0.2) is 12.6 Å². The van der Waals surface area contributed by atoms with Crippen LogP contribution in [0.4, 0.5) is 0 Å². The van der Waals surface area contributed by atoms with Crippen LogP contribution >= 0.6 is 0 Å². The highest BCUT2D eigenvalue weighted by Crippen LogP contribution is 2.13. The lowest BCUT2D eigenvalue weighted by molar-refractivity contribution is -0.141. The Morgan fingerprint density at radius 1 is 1.06 bits per heavy atom. The maximum absolute atomic E-state index is 10.5. The van der Waals surface area contributed by atoms with Crippen molar-refractivity contribution in [3.05, 3.63) is 0 Å². The number of hydrogen-bond acceptors (Lipinski definition) is 2. The number of unbranched alkanes of at least 4 members (excludes halogenated alkanes) is 5. The molecular weight excluding hydrogens is 200 g/mol. The first-order valence-electron chi connectivity index (χ1n) is 6.80. The highest BCUT2D eigenvalue weighted by molar-refractivity contribution is 5.65. The fourth-order valence-electron chi connectivity index (χ4n) is 1.72. The topological polar surface area (TPSA) is 26.3 Å². The molecule has 0 saturated carbocycles. The fraction of sp³-hybridized carbons (Fsp3) is 0.929. The van der Waals surface area contributed by atoms with E-state index in [9.17, 15) is 4.79 Å². The van der Waals surface area contributed by atoms with Crippen LogP contribution in [0.1, 0.15) is 72.1 Å². The van der Waals surface area contributed by atoms with Crippen molar-refractivity contribution in [2.75, 3.05) is 6.61 Å². The molecule has 0 bridgehead atoms. The summed E-state index contributed by atoms with van der Waals surface area (Å²) in [5.41, 5.74) is 0. The summed E-state index contributed by atoms with van der Waals surface area (Å²) in [4.78, 5) is 10.5. The van der Waals surface area contributed by atoms with Crippen molar-refractivity contribution in [2.24, 2.45) is 5.92 Å². The first-order valence-corrected chi connectivity index (χ1v) is 6.80. The summed E-state index contributed by atoms with van der Waals surface area (Å²) in [6.07, 6.45) is 10.2. The van der Waals surface area contributed by atoms with Gasteiger partial charge in [-0.3, -0.25) is 4.79 Å². The standard InChI is InChI=1S/C14H28O2/c1-4-13(2)11-9-7-5-6-8-10-12-16-14(3)15/h13H,4-12H2,1-3H3. The molecule has 0 aliphatic carbocycles. The number of esters is 1. The number of carbonyl (C=O) groups is 1. The Hall–Kier alpha value is -0.530. The number of ether oxygens (including phenoxy) is 1. The molecule has 0 heterocycles. The second-order valence-electron chi connectivity index (χ2n) is 4.76. The normalized spacial score (nSPS) is 12.4. The molecule has 0 amide bonds. The van der Waals surface area contributed by atoms with E-state index in [0.717, 1.165) is 12.3 Å². The Bertz CT molecular complexity index is 166. The van der Waals surface area contributed by atoms with Gasteiger partial charge in [-0.25, -0.2) is 0 Å². The second-order valence-corrected chi connectivity index (χ2v) is 4.76. The van der Waals surface area contributed by atoms with E-state index in [1.165, 1.54) is 51.9 Å². The smallest absolute Gasteiger partial charge is 0.302 e. The Balaban J connectivity index is 3.01. The van der Waals surface area contributed by atoms with Crippen LogP contribution in [0.5, 0.6) is 0 Å². The highest BCUT2D eigenvalue weighted by atomic mass is 16.5. The van der Waals surface area contributed by atoms with E-state index < -0.39 is 0 Å². The Morgan fingerprint density at radius 2 is 1.62 bits per heavy atom. The van der Waals surface area contributed by atoms with Crippen LogP contribution in [-0.2, 0) is 9.53 Å². The molecule has 0 spiro atoms. The molecule has 0 N–H and O–H groups in total. The van der Waals surface area contributed by atoms with Crippen molar-refractivity contribution in [3.8, 4) is 0 Å². The van der Waals surface area contributed by atoms with E-state index in [-0.39, 0.29) is 5.97 Å². The quantitative estimate of drug-likeness (QED) is 0.411. The lowest BCUT2D eigenvalue weighted by Crippen LogP contribution is -2.00. The molecule has 0 aliphatic heterocycles. The maximum Gasteiger partial charge on any atom is 0.302 e. The van der Waals surface area contributed by atoms with E-state index in [2.05, 4.69) is 13.8 Å². The van der Waals surface area contributed by atoms with Crippen molar-refractivity contribution in [2.45, 2.75) is 72.1 Å². The van der Waals surface area contributed by atoms with Crippen LogP contribution in [0, 0.1) is 5.92 Å². The molecule has 2 heteroatoms. The van der Waals surface area contributed by atoms with Gasteiger partial charge in [-0.2, -0.15) is 0 Å². The third kappa shape index (κ3) is 11.5. The summed E-state index contributed by atoms with van der Waals surface area (Å²) >= 11 is 0. The van der Waals surface area contributed by atoms with Gasteiger partial charge in [0.1, 0.15) is 0 Å². The third-order valence-electron chi connectivity index (χ3n) is 3.09. The molecule has 0 fully saturated rings. The van der Waals surface area contributed by atoms with E-state index >= 15 is 0 Å². The summed E-state index contributed by atoms with van der Waals surface area (Å²) < 4.78 is 4.88. The zero-order chi connectivity index (χ0) is 12.2. The van der Waals surface area contributed by atoms with Gasteiger partial charge in [-0.1, -0.05) is 58.8 Å². The number of carbonyl (C=O) groups excluding carboxylic acids is 1. The van der Waals surface area contributed by atoms with Gasteiger partial charge < -0.3 is 4.74 Å². The molecule has 0 radical (unpaired) electrons. The van der Waals surface area contributed by atoms with Gasteiger partial charge in [0.2, 0.25) is 0 Å². The van der Waals surface area contributed by atoms with Crippen LogP contribution in [0.15, 0.2) is 0 Å². The van der Waals surface area contributed by atoms with Crippen molar-refractivity contribution in [1.82, 2.24) is 0 Å². The lowest BCUT2D eigenvalue weighted by Gasteiger charge is -2.07. The molecule has 0 aromatic carbocycles. The molecule has 0 rings (SSSR count). The molecule has 0 aromatic rings. The Kier molecular flexibility index (Phi) is 10.6. The second kappa shape index (κ2) is 11.0. The summed E-state index contributed by atoms with van der Waals surface area (Å²) in [6, 6.07) is 0.